The maximum Gasteiger partial charge on any atom is 0.241 e. The first kappa shape index (κ1) is 23.3. The van der Waals surface area contributed by atoms with Crippen molar-refractivity contribution in [2.75, 3.05) is 24.2 Å². The smallest absolute Gasteiger partial charge is 0.241 e. The first-order valence-corrected chi connectivity index (χ1v) is 12.1. The minimum atomic E-state index is -3.74. The predicted octanol–water partition coefficient (Wildman–Crippen LogP) is 3.98. The maximum absolute atomic E-state index is 13.1. The van der Waals surface area contributed by atoms with Crippen LogP contribution in [0.3, 0.4) is 0 Å². The Kier molecular flexibility index (Phi) is 7.20. The molecule has 0 fully saturated rings. The molecule has 1 unspecified atom stereocenters. The van der Waals surface area contributed by atoms with E-state index in [0.29, 0.717) is 11.4 Å². The van der Waals surface area contributed by atoms with Gasteiger partial charge in [0.25, 0.3) is 0 Å². The van der Waals surface area contributed by atoms with Crippen LogP contribution in [0.5, 0.6) is 5.75 Å². The number of nitrogens with zero attached hydrogens (tertiary/aromatic N) is 1. The second-order valence-electron chi connectivity index (χ2n) is 7.77. The fourth-order valence-electron chi connectivity index (χ4n) is 3.57. The van der Waals surface area contributed by atoms with Gasteiger partial charge in [-0.1, -0.05) is 66.2 Å². The molecule has 6 nitrogen and oxygen atoms in total. The van der Waals surface area contributed by atoms with Gasteiger partial charge in [-0.3, -0.25) is 9.10 Å². The second kappa shape index (κ2) is 9.87. The van der Waals surface area contributed by atoms with Crippen LogP contribution in [0.1, 0.15) is 28.3 Å². The zero-order chi connectivity index (χ0) is 23.3. The Morgan fingerprint density at radius 1 is 0.938 bits per heavy atom. The Labute approximate surface area is 189 Å². The fraction of sp³-hybridized carbons (Fsp3) is 0.240. The van der Waals surface area contributed by atoms with Crippen molar-refractivity contribution < 1.29 is 17.9 Å². The molecule has 1 amide bonds. The standard InChI is InChI=1S/C25H28N2O4S/c1-18-9-8-12-21(15-18)25(20-10-6-5-7-11-20)26-24(28)17-27(32(4,29)30)22-16-19(2)13-14-23(22)31-3/h5-16,25H,17H2,1-4H3,(H,26,28). The molecular weight excluding hydrogens is 424 g/mol. The number of nitrogens with one attached hydrogen (secondary N) is 1. The number of benzene rings is 3. The van der Waals surface area contributed by atoms with Crippen LogP contribution in [0.2, 0.25) is 0 Å². The van der Waals surface area contributed by atoms with E-state index in [9.17, 15) is 13.2 Å². The number of amides is 1. The molecule has 0 bridgehead atoms. The molecule has 0 aliphatic rings. The van der Waals surface area contributed by atoms with E-state index in [4.69, 9.17) is 4.74 Å². The molecule has 0 radical (unpaired) electrons. The van der Waals surface area contributed by atoms with Crippen LogP contribution in [0, 0.1) is 13.8 Å². The maximum atomic E-state index is 13.1. The third-order valence-electron chi connectivity index (χ3n) is 5.10. The van der Waals surface area contributed by atoms with Gasteiger partial charge in [-0.2, -0.15) is 0 Å². The highest BCUT2D eigenvalue weighted by atomic mass is 32.2. The summed E-state index contributed by atoms with van der Waals surface area (Å²) in [6, 6.07) is 22.3. The number of sulfonamides is 1. The quantitative estimate of drug-likeness (QED) is 0.561. The molecule has 3 rings (SSSR count). The van der Waals surface area contributed by atoms with Crippen molar-refractivity contribution in [3.05, 3.63) is 95.1 Å². The van der Waals surface area contributed by atoms with Crippen molar-refractivity contribution in [1.82, 2.24) is 5.32 Å². The summed E-state index contributed by atoms with van der Waals surface area (Å²) >= 11 is 0. The summed E-state index contributed by atoms with van der Waals surface area (Å²) < 4.78 is 31.6. The number of methoxy groups -OCH3 is 1. The molecule has 3 aromatic carbocycles. The van der Waals surface area contributed by atoms with E-state index >= 15 is 0 Å². The average Bonchev–Trinajstić information content (AvgIpc) is 2.75. The summed E-state index contributed by atoms with van der Waals surface area (Å²) in [6.07, 6.45) is 1.08. The molecule has 0 aliphatic carbocycles. The fourth-order valence-corrected chi connectivity index (χ4v) is 4.42. The van der Waals surface area contributed by atoms with Gasteiger partial charge in [-0.05, 0) is 42.7 Å². The molecule has 1 atom stereocenters. The number of hydrogen-bond acceptors (Lipinski definition) is 4. The van der Waals surface area contributed by atoms with Crippen molar-refractivity contribution in [2.45, 2.75) is 19.9 Å². The molecule has 0 aliphatic heterocycles. The van der Waals surface area contributed by atoms with Crippen LogP contribution in [0.4, 0.5) is 5.69 Å². The van der Waals surface area contributed by atoms with E-state index in [1.165, 1.54) is 7.11 Å². The Morgan fingerprint density at radius 3 is 2.22 bits per heavy atom. The largest absolute Gasteiger partial charge is 0.495 e. The van der Waals surface area contributed by atoms with Crippen LogP contribution < -0.4 is 14.4 Å². The molecule has 7 heteroatoms. The lowest BCUT2D eigenvalue weighted by Gasteiger charge is -2.26. The van der Waals surface area contributed by atoms with Crippen LogP contribution in [0.15, 0.2) is 72.8 Å². The molecule has 168 valence electrons. The van der Waals surface area contributed by atoms with Crippen LogP contribution in [-0.2, 0) is 14.8 Å². The lowest BCUT2D eigenvalue weighted by molar-refractivity contribution is -0.120. The van der Waals surface area contributed by atoms with Gasteiger partial charge < -0.3 is 10.1 Å². The summed E-state index contributed by atoms with van der Waals surface area (Å²) in [6.45, 7) is 3.48. The molecular formula is C25H28N2O4S. The molecule has 32 heavy (non-hydrogen) atoms. The van der Waals surface area contributed by atoms with Crippen LogP contribution >= 0.6 is 0 Å². The summed E-state index contributed by atoms with van der Waals surface area (Å²) in [5.41, 5.74) is 4.09. The molecule has 0 saturated carbocycles. The Bertz CT molecular complexity index is 1190. The van der Waals surface area contributed by atoms with Crippen LogP contribution in [-0.4, -0.2) is 34.2 Å². The van der Waals surface area contributed by atoms with E-state index in [1.807, 2.05) is 74.5 Å². The van der Waals surface area contributed by atoms with Gasteiger partial charge in [0.05, 0.1) is 25.1 Å². The highest BCUT2D eigenvalue weighted by Crippen LogP contribution is 2.31. The Balaban J connectivity index is 1.94. The molecule has 1 N–H and O–H groups in total. The second-order valence-corrected chi connectivity index (χ2v) is 9.68. The highest BCUT2D eigenvalue weighted by molar-refractivity contribution is 7.92. The monoisotopic (exact) mass is 452 g/mol. The number of carbonyl (C=O) groups is 1. The first-order valence-electron chi connectivity index (χ1n) is 10.2. The number of ether oxygens (including phenoxy) is 1. The molecule has 3 aromatic rings. The lowest BCUT2D eigenvalue weighted by Crippen LogP contribution is -2.42. The normalized spacial score (nSPS) is 12.1. The van der Waals surface area contributed by atoms with E-state index in [2.05, 4.69) is 5.32 Å². The van der Waals surface area contributed by atoms with E-state index < -0.39 is 22.0 Å². The van der Waals surface area contributed by atoms with Crippen molar-refractivity contribution in [2.24, 2.45) is 0 Å². The lowest BCUT2D eigenvalue weighted by atomic mass is 9.97. The van der Waals surface area contributed by atoms with Crippen molar-refractivity contribution in [3.63, 3.8) is 0 Å². The Morgan fingerprint density at radius 2 is 1.59 bits per heavy atom. The number of aryl methyl sites for hydroxylation is 2. The zero-order valence-electron chi connectivity index (χ0n) is 18.7. The molecule has 0 heterocycles. The zero-order valence-corrected chi connectivity index (χ0v) is 19.5. The van der Waals surface area contributed by atoms with Crippen molar-refractivity contribution in [3.8, 4) is 5.75 Å². The van der Waals surface area contributed by atoms with E-state index in [-0.39, 0.29) is 6.54 Å². The highest BCUT2D eigenvalue weighted by Gasteiger charge is 2.26. The molecule has 0 spiro atoms. The summed E-state index contributed by atoms with van der Waals surface area (Å²) in [4.78, 5) is 13.1. The molecule has 0 aromatic heterocycles. The van der Waals surface area contributed by atoms with Gasteiger partial charge in [0, 0.05) is 0 Å². The molecule has 0 saturated heterocycles. The van der Waals surface area contributed by atoms with Crippen molar-refractivity contribution in [1.29, 1.82) is 0 Å². The van der Waals surface area contributed by atoms with Gasteiger partial charge in [-0.25, -0.2) is 8.42 Å². The number of rotatable bonds is 8. The Hall–Kier alpha value is -3.32. The summed E-state index contributed by atoms with van der Waals surface area (Å²) in [5.74, 6) is -0.0403. The third kappa shape index (κ3) is 5.68. The van der Waals surface area contributed by atoms with Gasteiger partial charge >= 0.3 is 0 Å². The number of hydrogen-bond donors (Lipinski definition) is 1. The number of carbonyl (C=O) groups excluding carboxylic acids is 1. The van der Waals surface area contributed by atoms with Gasteiger partial charge in [0.15, 0.2) is 0 Å². The summed E-state index contributed by atoms with van der Waals surface area (Å²) in [5, 5.41) is 3.02. The van der Waals surface area contributed by atoms with Crippen molar-refractivity contribution >= 4 is 21.6 Å². The predicted molar refractivity (Wildman–Crippen MR) is 128 cm³/mol. The SMILES string of the molecule is COc1ccc(C)cc1N(CC(=O)NC(c1ccccc1)c1cccc(C)c1)S(C)(=O)=O. The third-order valence-corrected chi connectivity index (χ3v) is 6.23. The van der Waals surface area contributed by atoms with Gasteiger partial charge in [0.2, 0.25) is 15.9 Å². The minimum absolute atomic E-state index is 0.331. The van der Waals surface area contributed by atoms with E-state index in [0.717, 1.165) is 32.8 Å². The van der Waals surface area contributed by atoms with Gasteiger partial charge in [-0.15, -0.1) is 0 Å². The average molecular weight is 453 g/mol. The first-order chi connectivity index (χ1) is 15.2. The summed E-state index contributed by atoms with van der Waals surface area (Å²) in [7, 11) is -2.27. The topological polar surface area (TPSA) is 75.7 Å². The minimum Gasteiger partial charge on any atom is -0.495 e. The van der Waals surface area contributed by atoms with Gasteiger partial charge in [0.1, 0.15) is 12.3 Å². The number of anilines is 1. The van der Waals surface area contributed by atoms with E-state index in [1.54, 1.807) is 12.1 Å². The van der Waals surface area contributed by atoms with Crippen LogP contribution in [0.25, 0.3) is 0 Å².